The molecular formula is C25H34NO+. The number of rotatable bonds is 6. The third-order valence-electron chi connectivity index (χ3n) is 6.55. The second kappa shape index (κ2) is 8.93. The van der Waals surface area contributed by atoms with Crippen molar-refractivity contribution in [1.29, 1.82) is 0 Å². The molecule has 0 radical (unpaired) electrons. The van der Waals surface area contributed by atoms with Gasteiger partial charge in [-0.05, 0) is 68.6 Å². The Morgan fingerprint density at radius 2 is 1.52 bits per heavy atom. The van der Waals surface area contributed by atoms with Crippen LogP contribution >= 0.6 is 0 Å². The predicted molar refractivity (Wildman–Crippen MR) is 112 cm³/mol. The minimum absolute atomic E-state index is 0.837. The molecule has 0 saturated carbocycles. The van der Waals surface area contributed by atoms with Crippen LogP contribution in [0.2, 0.25) is 0 Å². The highest BCUT2D eigenvalue weighted by atomic mass is 16.5. The van der Waals surface area contributed by atoms with Gasteiger partial charge in [-0.1, -0.05) is 42.5 Å². The molecule has 0 unspecified atom stereocenters. The molecule has 4 rings (SSSR count). The summed E-state index contributed by atoms with van der Waals surface area (Å²) in [7, 11) is 0. The normalized spacial score (nSPS) is 19.1. The Balaban J connectivity index is 1.44. The maximum absolute atomic E-state index is 6.40. The number of ether oxygens (including phenoxy) is 1. The molecule has 2 aliphatic rings. The Morgan fingerprint density at radius 3 is 2.33 bits per heavy atom. The fraction of sp³-hybridized carbons (Fsp3) is 0.520. The molecule has 27 heavy (non-hydrogen) atoms. The molecule has 2 nitrogen and oxygen atoms in total. The van der Waals surface area contributed by atoms with Crippen molar-refractivity contribution in [3.8, 4) is 5.75 Å². The molecular weight excluding hydrogens is 330 g/mol. The van der Waals surface area contributed by atoms with E-state index in [0.29, 0.717) is 0 Å². The lowest BCUT2D eigenvalue weighted by atomic mass is 9.91. The molecule has 2 heteroatoms. The van der Waals surface area contributed by atoms with Crippen molar-refractivity contribution in [3.05, 3.63) is 65.2 Å². The van der Waals surface area contributed by atoms with Gasteiger partial charge in [0.25, 0.3) is 0 Å². The summed E-state index contributed by atoms with van der Waals surface area (Å²) < 4.78 is 7.59. The number of hydrogen-bond donors (Lipinski definition) is 0. The Kier molecular flexibility index (Phi) is 6.14. The lowest BCUT2D eigenvalue weighted by Crippen LogP contribution is -2.50. The first-order chi connectivity index (χ1) is 13.3. The molecule has 144 valence electrons. The fourth-order valence-electron chi connectivity index (χ4n) is 5.02. The van der Waals surface area contributed by atoms with Crippen molar-refractivity contribution < 1.29 is 9.22 Å². The smallest absolute Gasteiger partial charge is 0.137 e. The molecule has 0 spiro atoms. The van der Waals surface area contributed by atoms with Gasteiger partial charge in [-0.25, -0.2) is 0 Å². The largest absolute Gasteiger partial charge is 0.487 e. The highest BCUT2D eigenvalue weighted by Crippen LogP contribution is 2.30. The van der Waals surface area contributed by atoms with Crippen molar-refractivity contribution in [1.82, 2.24) is 0 Å². The van der Waals surface area contributed by atoms with Gasteiger partial charge in [-0.3, -0.25) is 0 Å². The number of likely N-dealkylation sites (tertiary alicyclic amines) is 1. The summed E-state index contributed by atoms with van der Waals surface area (Å²) in [6, 6.07) is 17.7. The van der Waals surface area contributed by atoms with E-state index in [-0.39, 0.29) is 0 Å². The standard InChI is InChI=1S/C25H34NO/c1-2-9-18-26(17-8-1,21-22-11-4-3-5-12-22)19-20-27-25-16-10-14-23-13-6-7-15-24(23)25/h3-5,10-12,14,16H,1-2,6-9,13,15,17-21H2/q+1. The van der Waals surface area contributed by atoms with Crippen LogP contribution in [0.4, 0.5) is 0 Å². The number of nitrogens with zero attached hydrogens (tertiary/aromatic N) is 1. The van der Waals surface area contributed by atoms with Gasteiger partial charge in [0.2, 0.25) is 0 Å². The monoisotopic (exact) mass is 364 g/mol. The summed E-state index contributed by atoms with van der Waals surface area (Å²) in [5, 5.41) is 0. The van der Waals surface area contributed by atoms with Gasteiger partial charge >= 0.3 is 0 Å². The van der Waals surface area contributed by atoms with Crippen LogP contribution in [0, 0.1) is 0 Å². The first kappa shape index (κ1) is 18.6. The maximum atomic E-state index is 6.40. The van der Waals surface area contributed by atoms with E-state index in [1.54, 1.807) is 0 Å². The van der Waals surface area contributed by atoms with E-state index < -0.39 is 0 Å². The van der Waals surface area contributed by atoms with Gasteiger partial charge in [0.15, 0.2) is 0 Å². The SMILES string of the molecule is c1ccc(C[N+]2(CCOc3cccc4c3CCCC4)CCCCCC2)cc1. The summed E-state index contributed by atoms with van der Waals surface area (Å²) in [5.74, 6) is 1.15. The first-order valence-corrected chi connectivity index (χ1v) is 11.0. The molecule has 0 bridgehead atoms. The van der Waals surface area contributed by atoms with Crippen molar-refractivity contribution in [3.63, 3.8) is 0 Å². The fourth-order valence-corrected chi connectivity index (χ4v) is 5.02. The summed E-state index contributed by atoms with van der Waals surface area (Å²) >= 11 is 0. The Labute approximate surface area is 164 Å². The summed E-state index contributed by atoms with van der Waals surface area (Å²) in [4.78, 5) is 0. The van der Waals surface area contributed by atoms with Crippen LogP contribution in [0.25, 0.3) is 0 Å². The zero-order valence-corrected chi connectivity index (χ0v) is 16.7. The highest BCUT2D eigenvalue weighted by Gasteiger charge is 2.29. The highest BCUT2D eigenvalue weighted by molar-refractivity contribution is 5.41. The van der Waals surface area contributed by atoms with Gasteiger partial charge in [-0.2, -0.15) is 0 Å². The number of benzene rings is 2. The van der Waals surface area contributed by atoms with Crippen molar-refractivity contribution in [2.24, 2.45) is 0 Å². The van der Waals surface area contributed by atoms with E-state index in [1.165, 1.54) is 85.6 Å². The van der Waals surface area contributed by atoms with Crippen LogP contribution < -0.4 is 4.74 Å². The minimum Gasteiger partial charge on any atom is -0.487 e. The van der Waals surface area contributed by atoms with Crippen LogP contribution in [-0.2, 0) is 19.4 Å². The quantitative estimate of drug-likeness (QED) is 0.612. The second-order valence-electron chi connectivity index (χ2n) is 8.52. The zero-order chi connectivity index (χ0) is 18.4. The number of aryl methyl sites for hydroxylation is 1. The molecule has 0 N–H and O–H groups in total. The Morgan fingerprint density at radius 1 is 0.741 bits per heavy atom. The maximum Gasteiger partial charge on any atom is 0.137 e. The number of fused-ring (bicyclic) bond motifs is 1. The van der Waals surface area contributed by atoms with Gasteiger partial charge in [0.1, 0.15) is 25.4 Å². The van der Waals surface area contributed by atoms with Crippen molar-refractivity contribution >= 4 is 0 Å². The molecule has 1 aliphatic carbocycles. The minimum atomic E-state index is 0.837. The third kappa shape index (κ3) is 4.73. The molecule has 2 aromatic rings. The zero-order valence-electron chi connectivity index (χ0n) is 16.7. The van der Waals surface area contributed by atoms with Crippen molar-refractivity contribution in [2.45, 2.75) is 57.9 Å². The van der Waals surface area contributed by atoms with E-state index in [4.69, 9.17) is 4.74 Å². The van der Waals surface area contributed by atoms with E-state index in [9.17, 15) is 0 Å². The van der Waals surface area contributed by atoms with E-state index in [1.807, 2.05) is 0 Å². The second-order valence-corrected chi connectivity index (χ2v) is 8.52. The van der Waals surface area contributed by atoms with Crippen LogP contribution in [-0.4, -0.2) is 30.7 Å². The average Bonchev–Trinajstić information content (AvgIpc) is 2.95. The van der Waals surface area contributed by atoms with E-state index in [0.717, 1.165) is 25.4 Å². The molecule has 1 saturated heterocycles. The molecule has 0 amide bonds. The molecule has 0 atom stereocenters. The van der Waals surface area contributed by atoms with Gasteiger partial charge in [-0.15, -0.1) is 0 Å². The van der Waals surface area contributed by atoms with E-state index >= 15 is 0 Å². The van der Waals surface area contributed by atoms with Gasteiger partial charge < -0.3 is 9.22 Å². The first-order valence-electron chi connectivity index (χ1n) is 11.0. The summed E-state index contributed by atoms with van der Waals surface area (Å²) in [6.07, 6.45) is 10.5. The third-order valence-corrected chi connectivity index (χ3v) is 6.55. The van der Waals surface area contributed by atoms with Crippen LogP contribution in [0.5, 0.6) is 5.75 Å². The summed E-state index contributed by atoms with van der Waals surface area (Å²) in [5.41, 5.74) is 4.47. The molecule has 1 heterocycles. The van der Waals surface area contributed by atoms with Crippen molar-refractivity contribution in [2.75, 3.05) is 26.2 Å². The number of hydrogen-bond acceptors (Lipinski definition) is 1. The van der Waals surface area contributed by atoms with Gasteiger partial charge in [0.05, 0.1) is 13.1 Å². The predicted octanol–water partition coefficient (Wildman–Crippen LogP) is 5.54. The lowest BCUT2D eigenvalue weighted by Gasteiger charge is -2.38. The van der Waals surface area contributed by atoms with Crippen LogP contribution in [0.15, 0.2) is 48.5 Å². The topological polar surface area (TPSA) is 9.23 Å². The average molecular weight is 365 g/mol. The number of quaternary nitrogens is 1. The molecule has 0 aromatic heterocycles. The van der Waals surface area contributed by atoms with Gasteiger partial charge in [0, 0.05) is 5.56 Å². The Bertz CT molecular complexity index is 716. The van der Waals surface area contributed by atoms with Crippen LogP contribution in [0.1, 0.15) is 55.2 Å². The molecule has 2 aromatic carbocycles. The Hall–Kier alpha value is -1.80. The van der Waals surface area contributed by atoms with E-state index in [2.05, 4.69) is 48.5 Å². The molecule has 1 fully saturated rings. The summed E-state index contributed by atoms with van der Waals surface area (Å²) in [6.45, 7) is 5.70. The lowest BCUT2D eigenvalue weighted by molar-refractivity contribution is -0.940. The van der Waals surface area contributed by atoms with Crippen LogP contribution in [0.3, 0.4) is 0 Å². The molecule has 1 aliphatic heterocycles.